The van der Waals surface area contributed by atoms with Crippen LogP contribution >= 0.6 is 24.0 Å². The van der Waals surface area contributed by atoms with E-state index in [1.54, 1.807) is 14.1 Å². The SMILES string of the molecule is CN(C)C(=O)CN=C(NCCOc1ccccc1)NC1CCOc2ccccc21.I. The van der Waals surface area contributed by atoms with Crippen molar-refractivity contribution in [3.8, 4) is 11.5 Å². The van der Waals surface area contributed by atoms with Crippen LogP contribution in [0.3, 0.4) is 0 Å². The molecule has 1 aliphatic rings. The van der Waals surface area contributed by atoms with Crippen molar-refractivity contribution >= 4 is 35.8 Å². The number of likely N-dealkylation sites (N-methyl/N-ethyl adjacent to an activating group) is 1. The summed E-state index contributed by atoms with van der Waals surface area (Å²) >= 11 is 0. The molecule has 0 bridgehead atoms. The molecule has 2 aromatic rings. The summed E-state index contributed by atoms with van der Waals surface area (Å²) in [6.07, 6.45) is 0.819. The lowest BCUT2D eigenvalue weighted by Gasteiger charge is -2.28. The number of rotatable bonds is 7. The molecule has 0 aromatic heterocycles. The van der Waals surface area contributed by atoms with Gasteiger partial charge in [-0.2, -0.15) is 0 Å². The lowest BCUT2D eigenvalue weighted by atomic mass is 10.0. The molecule has 7 nitrogen and oxygen atoms in total. The van der Waals surface area contributed by atoms with E-state index >= 15 is 0 Å². The van der Waals surface area contributed by atoms with E-state index in [2.05, 4.69) is 15.6 Å². The number of amides is 1. The number of carbonyl (C=O) groups is 1. The van der Waals surface area contributed by atoms with E-state index in [1.165, 1.54) is 4.90 Å². The van der Waals surface area contributed by atoms with Crippen LogP contribution < -0.4 is 20.1 Å². The molecule has 3 rings (SSSR count). The summed E-state index contributed by atoms with van der Waals surface area (Å²) in [5, 5.41) is 6.70. The first-order valence-electron chi connectivity index (χ1n) is 9.78. The Morgan fingerprint density at radius 2 is 1.90 bits per heavy atom. The van der Waals surface area contributed by atoms with Crippen LogP contribution in [0.15, 0.2) is 59.6 Å². The van der Waals surface area contributed by atoms with Crippen LogP contribution in [0.25, 0.3) is 0 Å². The number of fused-ring (bicyclic) bond motifs is 1. The zero-order valence-corrected chi connectivity index (χ0v) is 19.7. The maximum absolute atomic E-state index is 12.0. The van der Waals surface area contributed by atoms with Crippen LogP contribution in [-0.2, 0) is 4.79 Å². The smallest absolute Gasteiger partial charge is 0.243 e. The van der Waals surface area contributed by atoms with E-state index in [9.17, 15) is 4.79 Å². The van der Waals surface area contributed by atoms with Crippen LogP contribution in [0.1, 0.15) is 18.0 Å². The highest BCUT2D eigenvalue weighted by Crippen LogP contribution is 2.31. The van der Waals surface area contributed by atoms with E-state index in [0.29, 0.717) is 25.7 Å². The van der Waals surface area contributed by atoms with E-state index < -0.39 is 0 Å². The molecule has 2 N–H and O–H groups in total. The van der Waals surface area contributed by atoms with Gasteiger partial charge in [0.25, 0.3) is 0 Å². The average molecular weight is 524 g/mol. The first-order chi connectivity index (χ1) is 14.1. The molecule has 0 saturated heterocycles. The van der Waals surface area contributed by atoms with Gasteiger partial charge in [0.1, 0.15) is 24.7 Å². The Bertz CT molecular complexity index is 830. The Kier molecular flexibility index (Phi) is 9.72. The third kappa shape index (κ3) is 7.08. The minimum atomic E-state index is -0.0565. The predicted molar refractivity (Wildman–Crippen MR) is 129 cm³/mol. The Morgan fingerprint density at radius 1 is 1.17 bits per heavy atom. The number of nitrogens with zero attached hydrogens (tertiary/aromatic N) is 2. The van der Waals surface area contributed by atoms with E-state index in [1.807, 2.05) is 54.6 Å². The molecule has 0 aliphatic carbocycles. The third-order valence-corrected chi connectivity index (χ3v) is 4.55. The maximum atomic E-state index is 12.0. The molecular formula is C22H29IN4O3. The molecule has 162 valence electrons. The molecule has 1 unspecified atom stereocenters. The van der Waals surface area contributed by atoms with Crippen molar-refractivity contribution in [3.05, 3.63) is 60.2 Å². The number of hydrogen-bond donors (Lipinski definition) is 2. The molecule has 0 radical (unpaired) electrons. The Hall–Kier alpha value is -2.49. The molecule has 30 heavy (non-hydrogen) atoms. The number of benzene rings is 2. The summed E-state index contributed by atoms with van der Waals surface area (Å²) < 4.78 is 11.5. The molecule has 1 atom stereocenters. The lowest BCUT2D eigenvalue weighted by Crippen LogP contribution is -2.43. The van der Waals surface area contributed by atoms with E-state index in [-0.39, 0.29) is 42.5 Å². The number of carbonyl (C=O) groups excluding carboxylic acids is 1. The van der Waals surface area contributed by atoms with Crippen LogP contribution in [0, 0.1) is 0 Å². The molecule has 0 saturated carbocycles. The number of guanidine groups is 1. The summed E-state index contributed by atoms with van der Waals surface area (Å²) in [6, 6.07) is 17.7. The molecule has 1 heterocycles. The first kappa shape index (κ1) is 23.8. The monoisotopic (exact) mass is 524 g/mol. The number of para-hydroxylation sites is 2. The second-order valence-electron chi connectivity index (χ2n) is 6.91. The quantitative estimate of drug-likeness (QED) is 0.252. The second kappa shape index (κ2) is 12.3. The van der Waals surface area contributed by atoms with Crippen LogP contribution in [0.2, 0.25) is 0 Å². The number of halogens is 1. The van der Waals surface area contributed by atoms with Gasteiger partial charge in [-0.25, -0.2) is 4.99 Å². The van der Waals surface area contributed by atoms with Gasteiger partial charge < -0.3 is 25.0 Å². The Balaban J connectivity index is 0.00000320. The minimum Gasteiger partial charge on any atom is -0.493 e. The van der Waals surface area contributed by atoms with Crippen LogP contribution in [0.5, 0.6) is 11.5 Å². The fourth-order valence-corrected chi connectivity index (χ4v) is 2.95. The number of ether oxygens (including phenoxy) is 2. The van der Waals surface area contributed by atoms with Crippen molar-refractivity contribution < 1.29 is 14.3 Å². The number of hydrogen-bond acceptors (Lipinski definition) is 4. The third-order valence-electron chi connectivity index (χ3n) is 4.55. The summed E-state index contributed by atoms with van der Waals surface area (Å²) in [5.41, 5.74) is 1.09. The topological polar surface area (TPSA) is 75.2 Å². The molecule has 1 amide bonds. The Morgan fingerprint density at radius 3 is 2.67 bits per heavy atom. The zero-order chi connectivity index (χ0) is 20.5. The van der Waals surface area contributed by atoms with Crippen LogP contribution in [0.4, 0.5) is 0 Å². The highest BCUT2D eigenvalue weighted by molar-refractivity contribution is 14.0. The van der Waals surface area contributed by atoms with Crippen molar-refractivity contribution in [2.24, 2.45) is 4.99 Å². The average Bonchev–Trinajstić information content (AvgIpc) is 2.75. The van der Waals surface area contributed by atoms with Crippen molar-refractivity contribution in [2.45, 2.75) is 12.5 Å². The van der Waals surface area contributed by atoms with Gasteiger partial charge in [-0.05, 0) is 18.2 Å². The normalized spacial score (nSPS) is 15.1. The number of nitrogens with one attached hydrogen (secondary N) is 2. The fourth-order valence-electron chi connectivity index (χ4n) is 2.95. The number of aliphatic imine (C=N–C) groups is 1. The summed E-state index contributed by atoms with van der Waals surface area (Å²) in [6.45, 7) is 1.75. The summed E-state index contributed by atoms with van der Waals surface area (Å²) in [4.78, 5) is 18.0. The fraction of sp³-hybridized carbons (Fsp3) is 0.364. The lowest BCUT2D eigenvalue weighted by molar-refractivity contribution is -0.127. The largest absolute Gasteiger partial charge is 0.493 e. The van der Waals surface area contributed by atoms with Gasteiger partial charge in [0.15, 0.2) is 5.96 Å². The first-order valence-corrected chi connectivity index (χ1v) is 9.78. The molecular weight excluding hydrogens is 495 g/mol. The molecule has 1 aliphatic heterocycles. The molecule has 8 heteroatoms. The van der Waals surface area contributed by atoms with Gasteiger partial charge >= 0.3 is 0 Å². The van der Waals surface area contributed by atoms with Gasteiger partial charge in [0, 0.05) is 26.1 Å². The van der Waals surface area contributed by atoms with Gasteiger partial charge in [-0.1, -0.05) is 36.4 Å². The van der Waals surface area contributed by atoms with Crippen LogP contribution in [-0.4, -0.2) is 57.2 Å². The van der Waals surface area contributed by atoms with E-state index in [0.717, 1.165) is 23.5 Å². The highest BCUT2D eigenvalue weighted by Gasteiger charge is 2.22. The van der Waals surface area contributed by atoms with Gasteiger partial charge in [-0.3, -0.25) is 4.79 Å². The van der Waals surface area contributed by atoms with Crippen molar-refractivity contribution in [3.63, 3.8) is 0 Å². The Labute approximate surface area is 194 Å². The van der Waals surface area contributed by atoms with Crippen molar-refractivity contribution in [1.29, 1.82) is 0 Å². The molecule has 0 spiro atoms. The molecule has 0 fully saturated rings. The standard InChI is InChI=1S/C22H28N4O3.HI/c1-26(2)21(27)16-24-22(23-13-15-28-17-8-4-3-5-9-17)25-19-12-14-29-20-11-7-6-10-18(19)20;/h3-11,19H,12-16H2,1-2H3,(H2,23,24,25);1H. The molecule has 2 aromatic carbocycles. The second-order valence-corrected chi connectivity index (χ2v) is 6.91. The minimum absolute atomic E-state index is 0. The van der Waals surface area contributed by atoms with Crippen molar-refractivity contribution in [1.82, 2.24) is 15.5 Å². The zero-order valence-electron chi connectivity index (χ0n) is 17.3. The van der Waals surface area contributed by atoms with Gasteiger partial charge in [0.05, 0.1) is 19.2 Å². The van der Waals surface area contributed by atoms with E-state index in [4.69, 9.17) is 9.47 Å². The van der Waals surface area contributed by atoms with Crippen molar-refractivity contribution in [2.75, 3.05) is 40.4 Å². The van der Waals surface area contributed by atoms with Gasteiger partial charge in [-0.15, -0.1) is 24.0 Å². The predicted octanol–water partition coefficient (Wildman–Crippen LogP) is 2.83. The highest BCUT2D eigenvalue weighted by atomic mass is 127. The summed E-state index contributed by atoms with van der Waals surface area (Å²) in [7, 11) is 3.45. The summed E-state index contributed by atoms with van der Waals surface area (Å²) in [5.74, 6) is 2.23. The van der Waals surface area contributed by atoms with Gasteiger partial charge in [0.2, 0.25) is 5.91 Å². The maximum Gasteiger partial charge on any atom is 0.243 e.